The number of nitrogens with zero attached hydrogens (tertiary/aromatic N) is 1. The highest BCUT2D eigenvalue weighted by molar-refractivity contribution is 6.42. The molecule has 0 saturated carbocycles. The SMILES string of the molecule is COC(=O)CN1C(=O)NC(=Cc2ccccc2OCc2ccc(Cl)c(Cl)c2)C1=O. The summed E-state index contributed by atoms with van der Waals surface area (Å²) in [4.78, 5) is 36.6. The molecule has 0 unspecified atom stereocenters. The van der Waals surface area contributed by atoms with E-state index in [-0.39, 0.29) is 12.3 Å². The number of amides is 3. The quantitative estimate of drug-likeness (QED) is 0.426. The standard InChI is InChI=1S/C20H16Cl2N2O5/c1-28-18(25)10-24-19(26)16(23-20(24)27)9-13-4-2-3-5-17(13)29-11-12-6-7-14(21)15(22)8-12/h2-9H,10-11H2,1H3,(H,23,27). The lowest BCUT2D eigenvalue weighted by Gasteiger charge is -2.10. The Balaban J connectivity index is 1.78. The van der Waals surface area contributed by atoms with Gasteiger partial charge in [-0.3, -0.25) is 9.59 Å². The van der Waals surface area contributed by atoms with Crippen LogP contribution < -0.4 is 10.1 Å². The molecule has 150 valence electrons. The molecule has 1 aliphatic rings. The number of urea groups is 1. The number of esters is 1. The van der Waals surface area contributed by atoms with Crippen LogP contribution in [0.25, 0.3) is 6.08 Å². The summed E-state index contributed by atoms with van der Waals surface area (Å²) in [5.41, 5.74) is 1.43. The van der Waals surface area contributed by atoms with Crippen LogP contribution in [0.2, 0.25) is 10.0 Å². The van der Waals surface area contributed by atoms with Gasteiger partial charge in [0.05, 0.1) is 17.2 Å². The van der Waals surface area contributed by atoms with Gasteiger partial charge >= 0.3 is 12.0 Å². The summed E-state index contributed by atoms with van der Waals surface area (Å²) in [6, 6.07) is 11.5. The molecule has 0 aliphatic carbocycles. The van der Waals surface area contributed by atoms with Gasteiger partial charge in [0.15, 0.2) is 0 Å². The van der Waals surface area contributed by atoms with Crippen molar-refractivity contribution in [2.24, 2.45) is 0 Å². The molecule has 0 atom stereocenters. The molecular weight excluding hydrogens is 419 g/mol. The third kappa shape index (κ3) is 4.88. The maximum Gasteiger partial charge on any atom is 0.329 e. The van der Waals surface area contributed by atoms with Crippen molar-refractivity contribution in [3.05, 3.63) is 69.3 Å². The van der Waals surface area contributed by atoms with Crippen molar-refractivity contribution in [1.82, 2.24) is 10.2 Å². The normalized spacial score (nSPS) is 14.9. The van der Waals surface area contributed by atoms with E-state index in [1.54, 1.807) is 42.5 Å². The van der Waals surface area contributed by atoms with Gasteiger partial charge < -0.3 is 14.8 Å². The number of rotatable bonds is 6. The molecule has 7 nitrogen and oxygen atoms in total. The smallest absolute Gasteiger partial charge is 0.329 e. The van der Waals surface area contributed by atoms with Crippen molar-refractivity contribution in [1.29, 1.82) is 0 Å². The number of methoxy groups -OCH3 is 1. The fourth-order valence-electron chi connectivity index (χ4n) is 2.59. The zero-order chi connectivity index (χ0) is 21.0. The Bertz CT molecular complexity index is 1010. The molecule has 2 aromatic rings. The van der Waals surface area contributed by atoms with E-state index in [9.17, 15) is 14.4 Å². The zero-order valence-electron chi connectivity index (χ0n) is 15.3. The van der Waals surface area contributed by atoms with Crippen LogP contribution in [0, 0.1) is 0 Å². The number of hydrogen-bond acceptors (Lipinski definition) is 5. The fourth-order valence-corrected chi connectivity index (χ4v) is 2.91. The van der Waals surface area contributed by atoms with Gasteiger partial charge in [0.25, 0.3) is 5.91 Å². The van der Waals surface area contributed by atoms with E-state index in [1.807, 2.05) is 0 Å². The maximum absolute atomic E-state index is 12.4. The van der Waals surface area contributed by atoms with E-state index in [0.29, 0.717) is 21.4 Å². The number of hydrogen-bond donors (Lipinski definition) is 1. The topological polar surface area (TPSA) is 84.9 Å². The molecule has 0 spiro atoms. The summed E-state index contributed by atoms with van der Waals surface area (Å²) in [5.74, 6) is -0.820. The Morgan fingerprint density at radius 1 is 1.14 bits per heavy atom. The molecular formula is C20H16Cl2N2O5. The lowest BCUT2D eigenvalue weighted by molar-refractivity contribution is -0.143. The van der Waals surface area contributed by atoms with Crippen LogP contribution in [-0.2, 0) is 20.9 Å². The van der Waals surface area contributed by atoms with Crippen molar-refractivity contribution in [2.45, 2.75) is 6.61 Å². The molecule has 1 fully saturated rings. The number of nitrogens with one attached hydrogen (secondary N) is 1. The Labute approximate surface area is 176 Å². The van der Waals surface area contributed by atoms with Gasteiger partial charge in [-0.05, 0) is 29.8 Å². The van der Waals surface area contributed by atoms with E-state index in [2.05, 4.69) is 10.1 Å². The lowest BCUT2D eigenvalue weighted by Crippen LogP contribution is -2.36. The minimum absolute atomic E-state index is 0.0319. The van der Waals surface area contributed by atoms with Crippen LogP contribution in [0.15, 0.2) is 48.2 Å². The van der Waals surface area contributed by atoms with E-state index in [1.165, 1.54) is 13.2 Å². The molecule has 0 aromatic heterocycles. The van der Waals surface area contributed by atoms with Crippen LogP contribution >= 0.6 is 23.2 Å². The molecule has 1 N–H and O–H groups in total. The first-order chi connectivity index (χ1) is 13.9. The van der Waals surface area contributed by atoms with E-state index in [4.69, 9.17) is 27.9 Å². The van der Waals surface area contributed by atoms with Crippen molar-refractivity contribution < 1.29 is 23.9 Å². The van der Waals surface area contributed by atoms with Crippen molar-refractivity contribution in [2.75, 3.05) is 13.7 Å². The predicted molar refractivity (Wildman–Crippen MR) is 107 cm³/mol. The van der Waals surface area contributed by atoms with Crippen LogP contribution in [0.5, 0.6) is 5.75 Å². The number of imide groups is 1. The van der Waals surface area contributed by atoms with Crippen LogP contribution in [0.1, 0.15) is 11.1 Å². The van der Waals surface area contributed by atoms with Gasteiger partial charge in [0.1, 0.15) is 24.6 Å². The minimum atomic E-state index is -0.694. The number of ether oxygens (including phenoxy) is 2. The molecule has 1 heterocycles. The number of carbonyl (C=O) groups is 3. The minimum Gasteiger partial charge on any atom is -0.488 e. The fraction of sp³-hybridized carbons (Fsp3) is 0.150. The zero-order valence-corrected chi connectivity index (χ0v) is 16.8. The molecule has 0 bridgehead atoms. The molecule has 0 radical (unpaired) electrons. The van der Waals surface area contributed by atoms with Crippen LogP contribution in [0.4, 0.5) is 4.79 Å². The summed E-state index contributed by atoms with van der Waals surface area (Å²) >= 11 is 11.9. The summed E-state index contributed by atoms with van der Waals surface area (Å²) in [6.45, 7) is -0.236. The largest absolute Gasteiger partial charge is 0.488 e. The number of para-hydroxylation sites is 1. The van der Waals surface area contributed by atoms with Crippen LogP contribution in [-0.4, -0.2) is 36.5 Å². The lowest BCUT2D eigenvalue weighted by atomic mass is 10.1. The van der Waals surface area contributed by atoms with E-state index < -0.39 is 24.5 Å². The monoisotopic (exact) mass is 434 g/mol. The second-order valence-electron chi connectivity index (χ2n) is 6.03. The van der Waals surface area contributed by atoms with E-state index in [0.717, 1.165) is 10.5 Å². The number of benzene rings is 2. The van der Waals surface area contributed by atoms with Crippen LogP contribution in [0.3, 0.4) is 0 Å². The second kappa shape index (κ2) is 8.98. The maximum atomic E-state index is 12.4. The summed E-state index contributed by atoms with van der Waals surface area (Å²) in [6.07, 6.45) is 1.49. The Hall–Kier alpha value is -3.03. The molecule has 29 heavy (non-hydrogen) atoms. The van der Waals surface area contributed by atoms with E-state index >= 15 is 0 Å². The Kier molecular flexibility index (Phi) is 6.41. The highest BCUT2D eigenvalue weighted by Gasteiger charge is 2.35. The average molecular weight is 435 g/mol. The third-order valence-electron chi connectivity index (χ3n) is 4.07. The first kappa shape index (κ1) is 20.7. The summed E-state index contributed by atoms with van der Waals surface area (Å²) in [7, 11) is 1.18. The number of carbonyl (C=O) groups excluding carboxylic acids is 3. The molecule has 1 aliphatic heterocycles. The summed E-state index contributed by atoms with van der Waals surface area (Å²) < 4.78 is 10.3. The van der Waals surface area contributed by atoms with Crippen molar-refractivity contribution in [3.8, 4) is 5.75 Å². The van der Waals surface area contributed by atoms with Gasteiger partial charge in [0, 0.05) is 5.56 Å². The van der Waals surface area contributed by atoms with Gasteiger partial charge in [0.2, 0.25) is 0 Å². The molecule has 2 aromatic carbocycles. The second-order valence-corrected chi connectivity index (χ2v) is 6.84. The number of halogens is 2. The highest BCUT2D eigenvalue weighted by atomic mass is 35.5. The van der Waals surface area contributed by atoms with Crippen molar-refractivity contribution >= 4 is 47.2 Å². The molecule has 9 heteroatoms. The Morgan fingerprint density at radius 3 is 2.62 bits per heavy atom. The molecule has 3 rings (SSSR count). The summed E-state index contributed by atoms with van der Waals surface area (Å²) in [5, 5.41) is 3.33. The van der Waals surface area contributed by atoms with Gasteiger partial charge in [-0.1, -0.05) is 47.5 Å². The first-order valence-corrected chi connectivity index (χ1v) is 9.21. The average Bonchev–Trinajstić information content (AvgIpc) is 2.97. The third-order valence-corrected chi connectivity index (χ3v) is 4.81. The molecule has 3 amide bonds. The highest BCUT2D eigenvalue weighted by Crippen LogP contribution is 2.26. The van der Waals surface area contributed by atoms with Gasteiger partial charge in [-0.15, -0.1) is 0 Å². The van der Waals surface area contributed by atoms with Gasteiger partial charge in [-0.2, -0.15) is 0 Å². The first-order valence-electron chi connectivity index (χ1n) is 8.46. The molecule has 1 saturated heterocycles. The van der Waals surface area contributed by atoms with Gasteiger partial charge in [-0.25, -0.2) is 9.69 Å². The Morgan fingerprint density at radius 2 is 1.90 bits per heavy atom. The van der Waals surface area contributed by atoms with Crippen molar-refractivity contribution in [3.63, 3.8) is 0 Å². The predicted octanol–water partition coefficient (Wildman–Crippen LogP) is 3.64.